The summed E-state index contributed by atoms with van der Waals surface area (Å²) in [6.45, 7) is 9.76. The minimum absolute atomic E-state index is 0.0106. The Morgan fingerprint density at radius 3 is 2.62 bits per heavy atom. The highest BCUT2D eigenvalue weighted by molar-refractivity contribution is 5.76. The van der Waals surface area contributed by atoms with Gasteiger partial charge in [0, 0.05) is 32.6 Å². The second-order valence-corrected chi connectivity index (χ2v) is 8.49. The lowest BCUT2D eigenvalue weighted by Crippen LogP contribution is -2.39. The standard InChI is InChI=1S/C20H34N4O2/c1-15(2)13-23-10-7-11-24(14-18(23)20-21-16(3)22-26-20)19(25)12-17-8-5-4-6-9-17/h15,17-18H,4-14H2,1-3H3. The predicted octanol–water partition coefficient (Wildman–Crippen LogP) is 3.58. The molecule has 26 heavy (non-hydrogen) atoms. The minimum Gasteiger partial charge on any atom is -0.341 e. The fraction of sp³-hybridized carbons (Fsp3) is 0.850. The van der Waals surface area contributed by atoms with Crippen LogP contribution in [-0.4, -0.2) is 52.0 Å². The van der Waals surface area contributed by atoms with Crippen molar-refractivity contribution in [2.45, 2.75) is 71.8 Å². The molecule has 0 aromatic carbocycles. The van der Waals surface area contributed by atoms with E-state index in [0.717, 1.165) is 26.1 Å². The van der Waals surface area contributed by atoms with Crippen LogP contribution in [0.2, 0.25) is 0 Å². The first kappa shape index (κ1) is 19.3. The zero-order chi connectivity index (χ0) is 18.5. The van der Waals surface area contributed by atoms with Gasteiger partial charge in [0.15, 0.2) is 5.82 Å². The van der Waals surface area contributed by atoms with Crippen LogP contribution in [-0.2, 0) is 4.79 Å². The molecule has 1 aliphatic carbocycles. The van der Waals surface area contributed by atoms with Gasteiger partial charge in [-0.2, -0.15) is 4.98 Å². The molecule has 1 aromatic heterocycles. The first-order valence-electron chi connectivity index (χ1n) is 10.3. The van der Waals surface area contributed by atoms with Gasteiger partial charge in [0.2, 0.25) is 11.8 Å². The Hall–Kier alpha value is -1.43. The van der Waals surface area contributed by atoms with Crippen molar-refractivity contribution in [2.24, 2.45) is 11.8 Å². The summed E-state index contributed by atoms with van der Waals surface area (Å²) in [7, 11) is 0. The summed E-state index contributed by atoms with van der Waals surface area (Å²) in [4.78, 5) is 21.9. The van der Waals surface area contributed by atoms with Crippen LogP contribution in [0, 0.1) is 18.8 Å². The Morgan fingerprint density at radius 1 is 1.19 bits per heavy atom. The van der Waals surface area contributed by atoms with Crippen molar-refractivity contribution < 1.29 is 9.32 Å². The SMILES string of the molecule is Cc1noc(C2CN(C(=O)CC3CCCCC3)CCCN2CC(C)C)n1. The first-order valence-corrected chi connectivity index (χ1v) is 10.3. The molecule has 0 N–H and O–H groups in total. The van der Waals surface area contributed by atoms with Crippen LogP contribution in [0.4, 0.5) is 0 Å². The molecule has 2 fully saturated rings. The van der Waals surface area contributed by atoms with Gasteiger partial charge in [-0.05, 0) is 38.0 Å². The number of hydrogen-bond donors (Lipinski definition) is 0. The van der Waals surface area contributed by atoms with Crippen molar-refractivity contribution in [1.82, 2.24) is 19.9 Å². The van der Waals surface area contributed by atoms with Gasteiger partial charge in [0.25, 0.3) is 0 Å². The Labute approximate surface area is 157 Å². The van der Waals surface area contributed by atoms with E-state index in [1.807, 2.05) is 6.92 Å². The normalized spacial score (nSPS) is 23.4. The number of nitrogens with zero attached hydrogens (tertiary/aromatic N) is 4. The zero-order valence-corrected chi connectivity index (χ0v) is 16.6. The number of carbonyl (C=O) groups excluding carboxylic acids is 1. The average molecular weight is 363 g/mol. The van der Waals surface area contributed by atoms with Crippen LogP contribution in [0.1, 0.15) is 76.6 Å². The molecule has 1 amide bonds. The quantitative estimate of drug-likeness (QED) is 0.801. The van der Waals surface area contributed by atoms with Crippen LogP contribution in [0.15, 0.2) is 4.52 Å². The number of carbonyl (C=O) groups is 1. The summed E-state index contributed by atoms with van der Waals surface area (Å²) < 4.78 is 5.51. The van der Waals surface area contributed by atoms with E-state index >= 15 is 0 Å². The molecule has 2 heterocycles. The van der Waals surface area contributed by atoms with Crippen molar-refractivity contribution >= 4 is 5.91 Å². The van der Waals surface area contributed by atoms with Crippen LogP contribution < -0.4 is 0 Å². The topological polar surface area (TPSA) is 62.5 Å². The Bertz CT molecular complexity index is 580. The third kappa shape index (κ3) is 5.06. The summed E-state index contributed by atoms with van der Waals surface area (Å²) in [5.41, 5.74) is 0. The molecule has 0 bridgehead atoms. The molecule has 1 aromatic rings. The van der Waals surface area contributed by atoms with Crippen molar-refractivity contribution in [3.05, 3.63) is 11.7 Å². The molecule has 6 nitrogen and oxygen atoms in total. The maximum Gasteiger partial charge on any atom is 0.245 e. The van der Waals surface area contributed by atoms with Crippen molar-refractivity contribution in [1.29, 1.82) is 0 Å². The molecular formula is C20H34N4O2. The second kappa shape index (κ2) is 8.98. The largest absolute Gasteiger partial charge is 0.341 e. The number of amides is 1. The van der Waals surface area contributed by atoms with Gasteiger partial charge in [-0.3, -0.25) is 9.69 Å². The lowest BCUT2D eigenvalue weighted by atomic mass is 9.86. The Balaban J connectivity index is 1.70. The molecule has 6 heteroatoms. The van der Waals surface area contributed by atoms with Crippen molar-refractivity contribution in [2.75, 3.05) is 26.2 Å². The number of aromatic nitrogens is 2. The van der Waals surface area contributed by atoms with Crippen LogP contribution in [0.3, 0.4) is 0 Å². The lowest BCUT2D eigenvalue weighted by Gasteiger charge is -2.31. The minimum atomic E-state index is 0.0106. The fourth-order valence-corrected chi connectivity index (χ4v) is 4.40. The maximum absolute atomic E-state index is 13.0. The van der Waals surface area contributed by atoms with Gasteiger partial charge >= 0.3 is 0 Å². The molecule has 1 atom stereocenters. The van der Waals surface area contributed by atoms with E-state index < -0.39 is 0 Å². The highest BCUT2D eigenvalue weighted by atomic mass is 16.5. The van der Waals surface area contributed by atoms with Crippen molar-refractivity contribution in [3.8, 4) is 0 Å². The van der Waals surface area contributed by atoms with Gasteiger partial charge in [0.1, 0.15) is 6.04 Å². The number of hydrogen-bond acceptors (Lipinski definition) is 5. The Kier molecular flexibility index (Phi) is 6.68. The zero-order valence-electron chi connectivity index (χ0n) is 16.6. The van der Waals surface area contributed by atoms with Gasteiger partial charge in [-0.15, -0.1) is 0 Å². The highest BCUT2D eigenvalue weighted by Crippen LogP contribution is 2.29. The van der Waals surface area contributed by atoms with Gasteiger partial charge in [0.05, 0.1) is 0 Å². The van der Waals surface area contributed by atoms with Crippen LogP contribution in [0.25, 0.3) is 0 Å². The summed E-state index contributed by atoms with van der Waals surface area (Å²) in [6.07, 6.45) is 8.04. The lowest BCUT2D eigenvalue weighted by molar-refractivity contribution is -0.132. The maximum atomic E-state index is 13.0. The van der Waals surface area contributed by atoms with E-state index in [4.69, 9.17) is 4.52 Å². The molecule has 0 radical (unpaired) electrons. The van der Waals surface area contributed by atoms with E-state index in [0.29, 0.717) is 42.4 Å². The van der Waals surface area contributed by atoms with Crippen molar-refractivity contribution in [3.63, 3.8) is 0 Å². The number of aryl methyl sites for hydroxylation is 1. The van der Waals surface area contributed by atoms with Gasteiger partial charge < -0.3 is 9.42 Å². The molecule has 3 rings (SSSR count). The van der Waals surface area contributed by atoms with Crippen LogP contribution in [0.5, 0.6) is 0 Å². The smallest absolute Gasteiger partial charge is 0.245 e. The van der Waals surface area contributed by atoms with E-state index in [-0.39, 0.29) is 6.04 Å². The summed E-state index contributed by atoms with van der Waals surface area (Å²) in [5.74, 6) is 2.76. The van der Waals surface area contributed by atoms with E-state index in [9.17, 15) is 4.79 Å². The third-order valence-electron chi connectivity index (χ3n) is 5.68. The third-order valence-corrected chi connectivity index (χ3v) is 5.68. The second-order valence-electron chi connectivity index (χ2n) is 8.49. The number of rotatable bonds is 5. The molecular weight excluding hydrogens is 328 g/mol. The molecule has 1 unspecified atom stereocenters. The average Bonchev–Trinajstić information content (AvgIpc) is 2.92. The van der Waals surface area contributed by atoms with Crippen LogP contribution >= 0.6 is 0 Å². The van der Waals surface area contributed by atoms with E-state index in [2.05, 4.69) is 33.8 Å². The molecule has 2 aliphatic rings. The highest BCUT2D eigenvalue weighted by Gasteiger charge is 2.33. The molecule has 1 saturated heterocycles. The summed E-state index contributed by atoms with van der Waals surface area (Å²) >= 11 is 0. The predicted molar refractivity (Wildman–Crippen MR) is 101 cm³/mol. The molecule has 0 spiro atoms. The summed E-state index contributed by atoms with van der Waals surface area (Å²) in [6, 6.07) is 0.0106. The molecule has 1 saturated carbocycles. The Morgan fingerprint density at radius 2 is 1.96 bits per heavy atom. The summed E-state index contributed by atoms with van der Waals surface area (Å²) in [5, 5.41) is 3.98. The first-order chi connectivity index (χ1) is 12.5. The molecule has 146 valence electrons. The monoisotopic (exact) mass is 362 g/mol. The molecule has 1 aliphatic heterocycles. The van der Waals surface area contributed by atoms with E-state index in [1.165, 1.54) is 32.1 Å². The van der Waals surface area contributed by atoms with E-state index in [1.54, 1.807) is 0 Å². The van der Waals surface area contributed by atoms with Gasteiger partial charge in [-0.25, -0.2) is 0 Å². The fourth-order valence-electron chi connectivity index (χ4n) is 4.40. The van der Waals surface area contributed by atoms with Gasteiger partial charge in [-0.1, -0.05) is 38.3 Å².